The third-order valence-electron chi connectivity index (χ3n) is 3.66. The Labute approximate surface area is 146 Å². The summed E-state index contributed by atoms with van der Waals surface area (Å²) in [5.74, 6) is 1.11. The van der Waals surface area contributed by atoms with Crippen molar-refractivity contribution in [3.8, 4) is 23.0 Å². The summed E-state index contributed by atoms with van der Waals surface area (Å²) in [4.78, 5) is 11.4. The Kier molecular flexibility index (Phi) is 5.89. The van der Waals surface area contributed by atoms with Crippen LogP contribution in [0.1, 0.15) is 11.1 Å². The van der Waals surface area contributed by atoms with Crippen molar-refractivity contribution in [1.82, 2.24) is 0 Å². The zero-order valence-corrected chi connectivity index (χ0v) is 14.5. The number of carboxylic acid groups (broad SMARTS) is 1. The van der Waals surface area contributed by atoms with E-state index in [4.69, 9.17) is 18.9 Å². The maximum Gasteiger partial charge on any atom is 0.328 e. The molecule has 0 atom stereocenters. The highest BCUT2D eigenvalue weighted by molar-refractivity contribution is 5.96. The van der Waals surface area contributed by atoms with Crippen molar-refractivity contribution in [2.45, 2.75) is 0 Å². The minimum atomic E-state index is -1.07. The topological polar surface area (TPSA) is 74.2 Å². The van der Waals surface area contributed by atoms with E-state index in [1.54, 1.807) is 43.5 Å². The Morgan fingerprint density at radius 3 is 2.08 bits per heavy atom. The second-order valence-corrected chi connectivity index (χ2v) is 5.03. The molecule has 0 saturated carbocycles. The fraction of sp³-hybridized carbons (Fsp3) is 0.211. The van der Waals surface area contributed by atoms with E-state index in [0.717, 1.165) is 6.08 Å². The van der Waals surface area contributed by atoms with Gasteiger partial charge in [-0.3, -0.25) is 0 Å². The van der Waals surface area contributed by atoms with Gasteiger partial charge in [-0.25, -0.2) is 4.79 Å². The summed E-state index contributed by atoms with van der Waals surface area (Å²) in [6.07, 6.45) is 1.13. The van der Waals surface area contributed by atoms with E-state index < -0.39 is 5.97 Å². The van der Waals surface area contributed by atoms with Gasteiger partial charge >= 0.3 is 5.97 Å². The van der Waals surface area contributed by atoms with Crippen LogP contribution in [0, 0.1) is 0 Å². The number of hydrogen-bond acceptors (Lipinski definition) is 5. The lowest BCUT2D eigenvalue weighted by molar-refractivity contribution is -0.131. The summed E-state index contributed by atoms with van der Waals surface area (Å²) < 4.78 is 21.1. The minimum Gasteiger partial charge on any atom is -0.497 e. The lowest BCUT2D eigenvalue weighted by Gasteiger charge is -2.15. The lowest BCUT2D eigenvalue weighted by atomic mass is 9.96. The Hall–Kier alpha value is -3.15. The Morgan fingerprint density at radius 1 is 0.840 bits per heavy atom. The number of carboxylic acids is 1. The Balaban J connectivity index is 2.65. The largest absolute Gasteiger partial charge is 0.497 e. The molecule has 2 aromatic rings. The first kappa shape index (κ1) is 18.2. The summed E-state index contributed by atoms with van der Waals surface area (Å²) >= 11 is 0. The summed E-state index contributed by atoms with van der Waals surface area (Å²) in [6.45, 7) is 0. The number of aliphatic carboxylic acids is 1. The van der Waals surface area contributed by atoms with Gasteiger partial charge in [0.1, 0.15) is 11.5 Å². The van der Waals surface area contributed by atoms with Gasteiger partial charge in [-0.1, -0.05) is 6.07 Å². The molecule has 0 fully saturated rings. The van der Waals surface area contributed by atoms with Crippen molar-refractivity contribution in [1.29, 1.82) is 0 Å². The Morgan fingerprint density at radius 2 is 1.52 bits per heavy atom. The molecule has 0 radical (unpaired) electrons. The van der Waals surface area contributed by atoms with E-state index in [1.807, 2.05) is 0 Å². The van der Waals surface area contributed by atoms with Crippen molar-refractivity contribution in [2.75, 3.05) is 28.4 Å². The van der Waals surface area contributed by atoms with E-state index in [9.17, 15) is 9.90 Å². The van der Waals surface area contributed by atoms with Crippen LogP contribution in [0.2, 0.25) is 0 Å². The molecular weight excluding hydrogens is 324 g/mol. The molecule has 0 aliphatic rings. The van der Waals surface area contributed by atoms with Crippen LogP contribution in [0.15, 0.2) is 42.5 Å². The van der Waals surface area contributed by atoms with E-state index in [-0.39, 0.29) is 0 Å². The van der Waals surface area contributed by atoms with Gasteiger partial charge in [0.05, 0.1) is 28.4 Å². The van der Waals surface area contributed by atoms with Gasteiger partial charge in [-0.05, 0) is 35.4 Å². The maximum absolute atomic E-state index is 11.4. The fourth-order valence-corrected chi connectivity index (χ4v) is 2.46. The minimum absolute atomic E-state index is 0.480. The quantitative estimate of drug-likeness (QED) is 0.777. The summed E-state index contributed by atoms with van der Waals surface area (Å²) in [7, 11) is 6.14. The van der Waals surface area contributed by atoms with Gasteiger partial charge in [0.2, 0.25) is 0 Å². The predicted octanol–water partition coefficient (Wildman–Crippen LogP) is 3.24. The van der Waals surface area contributed by atoms with Gasteiger partial charge in [0.25, 0.3) is 0 Å². The molecular formula is C19H20O6. The molecule has 0 aliphatic carbocycles. The summed E-state index contributed by atoms with van der Waals surface area (Å²) in [5.41, 5.74) is 1.76. The molecule has 132 valence electrons. The monoisotopic (exact) mass is 344 g/mol. The first-order chi connectivity index (χ1) is 12.0. The molecule has 0 aromatic heterocycles. The number of carbonyl (C=O) groups is 1. The molecule has 0 saturated heterocycles. The molecule has 6 heteroatoms. The van der Waals surface area contributed by atoms with Crippen LogP contribution in [0.4, 0.5) is 0 Å². The van der Waals surface area contributed by atoms with Crippen LogP contribution in [0.25, 0.3) is 5.57 Å². The molecule has 0 spiro atoms. The first-order valence-electron chi connectivity index (χ1n) is 7.43. The number of hydrogen-bond donors (Lipinski definition) is 1. The van der Waals surface area contributed by atoms with Crippen LogP contribution in [0.3, 0.4) is 0 Å². The van der Waals surface area contributed by atoms with Crippen LogP contribution >= 0.6 is 0 Å². The molecule has 0 aliphatic heterocycles. The number of ether oxygens (including phenoxy) is 4. The maximum atomic E-state index is 11.4. The second kappa shape index (κ2) is 8.10. The van der Waals surface area contributed by atoms with E-state index in [1.165, 1.54) is 21.3 Å². The van der Waals surface area contributed by atoms with Crippen LogP contribution in [0.5, 0.6) is 23.0 Å². The van der Waals surface area contributed by atoms with E-state index >= 15 is 0 Å². The zero-order chi connectivity index (χ0) is 18.4. The predicted molar refractivity (Wildman–Crippen MR) is 93.8 cm³/mol. The number of benzene rings is 2. The van der Waals surface area contributed by atoms with Gasteiger partial charge in [-0.2, -0.15) is 0 Å². The Bertz CT molecular complexity index is 794. The third-order valence-corrected chi connectivity index (χ3v) is 3.66. The average Bonchev–Trinajstić information content (AvgIpc) is 2.64. The van der Waals surface area contributed by atoms with Crippen LogP contribution in [-0.2, 0) is 4.79 Å². The highest BCUT2D eigenvalue weighted by Crippen LogP contribution is 2.37. The molecule has 6 nitrogen and oxygen atoms in total. The molecule has 0 heterocycles. The molecule has 2 rings (SSSR count). The SMILES string of the molecule is COc1ccc(/C(=C/C(=O)O)c2ccc(OC)c(OC)c2)c(OC)c1. The smallest absolute Gasteiger partial charge is 0.328 e. The van der Waals surface area contributed by atoms with Gasteiger partial charge in [0, 0.05) is 17.7 Å². The molecule has 0 unspecified atom stereocenters. The normalized spacial score (nSPS) is 11.0. The van der Waals surface area contributed by atoms with E-state index in [0.29, 0.717) is 39.7 Å². The van der Waals surface area contributed by atoms with E-state index in [2.05, 4.69) is 0 Å². The first-order valence-corrected chi connectivity index (χ1v) is 7.43. The van der Waals surface area contributed by atoms with Crippen molar-refractivity contribution in [2.24, 2.45) is 0 Å². The van der Waals surface area contributed by atoms with Gasteiger partial charge in [-0.15, -0.1) is 0 Å². The molecule has 25 heavy (non-hydrogen) atoms. The highest BCUT2D eigenvalue weighted by atomic mass is 16.5. The summed E-state index contributed by atoms with van der Waals surface area (Å²) in [5, 5.41) is 9.30. The number of methoxy groups -OCH3 is 4. The van der Waals surface area contributed by atoms with Crippen LogP contribution in [-0.4, -0.2) is 39.5 Å². The number of rotatable bonds is 7. The molecule has 2 aromatic carbocycles. The van der Waals surface area contributed by atoms with Gasteiger partial charge in [0.15, 0.2) is 11.5 Å². The standard InChI is InChI=1S/C19H20O6/c1-22-13-6-7-14(17(10-13)24-3)15(11-19(20)21)12-5-8-16(23-2)18(9-12)25-4/h5-11H,1-4H3,(H,20,21)/b15-11+. The van der Waals surface area contributed by atoms with Crippen molar-refractivity contribution < 1.29 is 28.8 Å². The van der Waals surface area contributed by atoms with Crippen molar-refractivity contribution in [3.63, 3.8) is 0 Å². The lowest BCUT2D eigenvalue weighted by Crippen LogP contribution is -1.99. The fourth-order valence-electron chi connectivity index (χ4n) is 2.46. The van der Waals surface area contributed by atoms with Crippen molar-refractivity contribution >= 4 is 11.5 Å². The zero-order valence-electron chi connectivity index (χ0n) is 14.5. The summed E-state index contributed by atoms with van der Waals surface area (Å²) in [6, 6.07) is 10.4. The average molecular weight is 344 g/mol. The second-order valence-electron chi connectivity index (χ2n) is 5.03. The highest BCUT2D eigenvalue weighted by Gasteiger charge is 2.16. The van der Waals surface area contributed by atoms with Crippen molar-refractivity contribution in [3.05, 3.63) is 53.6 Å². The molecule has 0 amide bonds. The van der Waals surface area contributed by atoms with Crippen LogP contribution < -0.4 is 18.9 Å². The third kappa shape index (κ3) is 4.03. The molecule has 0 bridgehead atoms. The molecule has 1 N–H and O–H groups in total. The van der Waals surface area contributed by atoms with Gasteiger partial charge < -0.3 is 24.1 Å².